The highest BCUT2D eigenvalue weighted by Crippen LogP contribution is 2.37. The fourth-order valence-electron chi connectivity index (χ4n) is 5.23. The molecule has 0 bridgehead atoms. The molecule has 2 aliphatic rings. The Morgan fingerprint density at radius 1 is 1.02 bits per heavy atom. The summed E-state index contributed by atoms with van der Waals surface area (Å²) in [5, 5.41) is 8.99. The number of anilines is 1. The minimum absolute atomic E-state index is 0.0933. The standard InChI is InChI=1S/C29H30FN7O3/c1-18-13-19(2)22(27(39)36-7-5-29(30,6-8-36)24-4-3-20(15-31)16-33-24)14-21(18)25-23(26(32)38)17-34-28(35-25)37-9-11-40-12-10-37/h3-4,13-14,16-17H,5-12H2,1-2H3,(H2,32,38). The lowest BCUT2D eigenvalue weighted by Gasteiger charge is -2.36. The summed E-state index contributed by atoms with van der Waals surface area (Å²) in [7, 11) is 0. The third-order valence-corrected chi connectivity index (χ3v) is 7.59. The topological polar surface area (TPSA) is 138 Å². The molecular weight excluding hydrogens is 513 g/mol. The van der Waals surface area contributed by atoms with Gasteiger partial charge in [-0.2, -0.15) is 5.26 Å². The number of nitriles is 1. The fraction of sp³-hybridized carbons (Fsp3) is 0.379. The second-order valence-corrected chi connectivity index (χ2v) is 10.2. The van der Waals surface area contributed by atoms with Crippen LogP contribution < -0.4 is 10.6 Å². The van der Waals surface area contributed by atoms with E-state index in [9.17, 15) is 9.59 Å². The molecule has 1 aromatic carbocycles. The van der Waals surface area contributed by atoms with Gasteiger partial charge in [-0.15, -0.1) is 0 Å². The van der Waals surface area contributed by atoms with Crippen LogP contribution in [0.4, 0.5) is 10.3 Å². The van der Waals surface area contributed by atoms with E-state index in [1.165, 1.54) is 18.5 Å². The van der Waals surface area contributed by atoms with E-state index >= 15 is 4.39 Å². The number of hydrogen-bond acceptors (Lipinski definition) is 8. The number of hydrogen-bond donors (Lipinski definition) is 1. The predicted molar refractivity (Wildman–Crippen MR) is 145 cm³/mol. The Kier molecular flexibility index (Phi) is 7.45. The second-order valence-electron chi connectivity index (χ2n) is 10.2. The normalized spacial score (nSPS) is 16.9. The highest BCUT2D eigenvalue weighted by molar-refractivity contribution is 6.01. The predicted octanol–water partition coefficient (Wildman–Crippen LogP) is 3.06. The van der Waals surface area contributed by atoms with Crippen LogP contribution >= 0.6 is 0 Å². The maximum atomic E-state index is 15.8. The van der Waals surface area contributed by atoms with Crippen molar-refractivity contribution in [1.82, 2.24) is 19.9 Å². The zero-order valence-corrected chi connectivity index (χ0v) is 22.5. The van der Waals surface area contributed by atoms with Gasteiger partial charge >= 0.3 is 0 Å². The second kappa shape index (κ2) is 11.0. The number of nitrogens with two attached hydrogens (primary N) is 1. The molecule has 2 aromatic heterocycles. The number of alkyl halides is 1. The van der Waals surface area contributed by atoms with Crippen molar-refractivity contribution >= 4 is 17.8 Å². The van der Waals surface area contributed by atoms with Gasteiger partial charge in [0.25, 0.3) is 11.8 Å². The van der Waals surface area contributed by atoms with Crippen LogP contribution in [0.1, 0.15) is 55.9 Å². The Balaban J connectivity index is 1.43. The third-order valence-electron chi connectivity index (χ3n) is 7.59. The number of morpholine rings is 1. The maximum absolute atomic E-state index is 15.8. The van der Waals surface area contributed by atoms with Gasteiger partial charge in [-0.05, 0) is 43.2 Å². The fourth-order valence-corrected chi connectivity index (χ4v) is 5.23. The number of carbonyl (C=O) groups is 2. The minimum Gasteiger partial charge on any atom is -0.378 e. The summed E-state index contributed by atoms with van der Waals surface area (Å²) >= 11 is 0. The molecule has 0 radical (unpaired) electrons. The molecule has 40 heavy (non-hydrogen) atoms. The molecule has 3 aromatic rings. The molecule has 0 atom stereocenters. The van der Waals surface area contributed by atoms with Crippen LogP contribution in [0.15, 0.2) is 36.7 Å². The van der Waals surface area contributed by atoms with Crippen molar-refractivity contribution in [1.29, 1.82) is 5.26 Å². The van der Waals surface area contributed by atoms with E-state index in [1.807, 2.05) is 30.9 Å². The molecule has 4 heterocycles. The summed E-state index contributed by atoms with van der Waals surface area (Å²) in [5.41, 5.74) is 7.82. The number of aromatic nitrogens is 3. The number of likely N-dealkylation sites (tertiary alicyclic amines) is 1. The van der Waals surface area contributed by atoms with Crippen molar-refractivity contribution in [2.24, 2.45) is 5.73 Å². The van der Waals surface area contributed by atoms with Crippen molar-refractivity contribution in [3.05, 3.63) is 70.2 Å². The molecule has 2 aliphatic heterocycles. The summed E-state index contributed by atoms with van der Waals surface area (Å²) in [6.07, 6.45) is 2.98. The van der Waals surface area contributed by atoms with E-state index < -0.39 is 11.6 Å². The molecule has 2 amide bonds. The Hall–Kier alpha value is -4.43. The van der Waals surface area contributed by atoms with Crippen LogP contribution in [0.3, 0.4) is 0 Å². The van der Waals surface area contributed by atoms with Crippen molar-refractivity contribution in [3.63, 3.8) is 0 Å². The molecule has 2 N–H and O–H groups in total. The number of piperidine rings is 1. The Labute approximate surface area is 231 Å². The van der Waals surface area contributed by atoms with Crippen molar-refractivity contribution in [2.45, 2.75) is 32.4 Å². The van der Waals surface area contributed by atoms with Crippen LogP contribution in [-0.4, -0.2) is 71.1 Å². The summed E-state index contributed by atoms with van der Waals surface area (Å²) in [6.45, 7) is 6.50. The maximum Gasteiger partial charge on any atom is 0.254 e. The van der Waals surface area contributed by atoms with E-state index in [-0.39, 0.29) is 43.1 Å². The van der Waals surface area contributed by atoms with Gasteiger partial charge < -0.3 is 20.3 Å². The average Bonchev–Trinajstić information content (AvgIpc) is 2.97. The number of ether oxygens (including phenoxy) is 1. The first kappa shape index (κ1) is 27.1. The Morgan fingerprint density at radius 2 is 1.75 bits per heavy atom. The third kappa shape index (κ3) is 5.22. The van der Waals surface area contributed by atoms with E-state index in [2.05, 4.69) is 9.97 Å². The molecule has 206 valence electrons. The van der Waals surface area contributed by atoms with Crippen molar-refractivity contribution in [3.8, 4) is 17.3 Å². The van der Waals surface area contributed by atoms with Gasteiger partial charge in [0, 0.05) is 62.5 Å². The lowest BCUT2D eigenvalue weighted by atomic mass is 9.88. The van der Waals surface area contributed by atoms with Gasteiger partial charge in [-0.3, -0.25) is 14.6 Å². The first-order valence-electron chi connectivity index (χ1n) is 13.2. The van der Waals surface area contributed by atoms with E-state index in [1.54, 1.807) is 17.0 Å². The molecule has 0 aliphatic carbocycles. The molecule has 0 saturated carbocycles. The van der Waals surface area contributed by atoms with Crippen molar-refractivity contribution < 1.29 is 18.7 Å². The van der Waals surface area contributed by atoms with Crippen LogP contribution in [0.2, 0.25) is 0 Å². The van der Waals surface area contributed by atoms with Gasteiger partial charge in [-0.1, -0.05) is 6.07 Å². The molecule has 5 rings (SSSR count). The summed E-state index contributed by atoms with van der Waals surface area (Å²) in [6, 6.07) is 8.70. The number of nitrogens with zero attached hydrogens (tertiary/aromatic N) is 6. The molecule has 0 unspecified atom stereocenters. The lowest BCUT2D eigenvalue weighted by Crippen LogP contribution is -2.43. The van der Waals surface area contributed by atoms with Gasteiger partial charge in [0.1, 0.15) is 6.07 Å². The Morgan fingerprint density at radius 3 is 2.38 bits per heavy atom. The van der Waals surface area contributed by atoms with E-state index in [4.69, 9.17) is 20.7 Å². The Bertz CT molecular complexity index is 1490. The van der Waals surface area contributed by atoms with Crippen molar-refractivity contribution in [2.75, 3.05) is 44.3 Å². The molecular formula is C29H30FN7O3. The van der Waals surface area contributed by atoms with Crippen LogP contribution in [-0.2, 0) is 10.4 Å². The smallest absolute Gasteiger partial charge is 0.254 e. The quantitative estimate of drug-likeness (QED) is 0.518. The molecule has 2 fully saturated rings. The minimum atomic E-state index is -1.68. The first-order valence-corrected chi connectivity index (χ1v) is 13.2. The molecule has 2 saturated heterocycles. The molecule has 11 heteroatoms. The number of rotatable bonds is 5. The number of pyridine rings is 1. The van der Waals surface area contributed by atoms with Gasteiger partial charge in [-0.25, -0.2) is 14.4 Å². The van der Waals surface area contributed by atoms with E-state index in [0.717, 1.165) is 11.1 Å². The number of carbonyl (C=O) groups excluding carboxylic acids is 2. The van der Waals surface area contributed by atoms with Crippen LogP contribution in [0.25, 0.3) is 11.3 Å². The van der Waals surface area contributed by atoms with Gasteiger partial charge in [0.05, 0.1) is 35.7 Å². The largest absolute Gasteiger partial charge is 0.378 e. The highest BCUT2D eigenvalue weighted by atomic mass is 19.1. The highest BCUT2D eigenvalue weighted by Gasteiger charge is 2.39. The SMILES string of the molecule is Cc1cc(C)c(-c2nc(N3CCOCC3)ncc2C(N)=O)cc1C(=O)N1CCC(F)(c2ccc(C#N)cn2)CC1. The zero-order chi connectivity index (χ0) is 28.4. The number of aryl methyl sites for hydroxylation is 2. The number of amides is 2. The average molecular weight is 544 g/mol. The van der Waals surface area contributed by atoms with Gasteiger partial charge in [0.15, 0.2) is 5.67 Å². The number of primary amides is 1. The number of benzene rings is 1. The lowest BCUT2D eigenvalue weighted by molar-refractivity contribution is 0.0402. The zero-order valence-electron chi connectivity index (χ0n) is 22.5. The van der Waals surface area contributed by atoms with E-state index in [0.29, 0.717) is 54.6 Å². The van der Waals surface area contributed by atoms with Crippen LogP contribution in [0.5, 0.6) is 0 Å². The number of halogens is 1. The summed E-state index contributed by atoms with van der Waals surface area (Å²) in [4.78, 5) is 42.8. The monoisotopic (exact) mass is 543 g/mol. The first-order chi connectivity index (χ1) is 19.2. The van der Waals surface area contributed by atoms with Crippen LogP contribution in [0, 0.1) is 25.2 Å². The summed E-state index contributed by atoms with van der Waals surface area (Å²) < 4.78 is 21.2. The molecule has 10 nitrogen and oxygen atoms in total. The summed E-state index contributed by atoms with van der Waals surface area (Å²) in [5.74, 6) is -0.428. The molecule has 0 spiro atoms. The van der Waals surface area contributed by atoms with Gasteiger partial charge in [0.2, 0.25) is 5.95 Å².